The van der Waals surface area contributed by atoms with Crippen molar-refractivity contribution in [3.05, 3.63) is 24.0 Å². The van der Waals surface area contributed by atoms with Crippen molar-refractivity contribution in [3.63, 3.8) is 0 Å². The molecule has 0 atom stereocenters. The zero-order valence-electron chi connectivity index (χ0n) is 9.59. The van der Waals surface area contributed by atoms with Gasteiger partial charge in [-0.3, -0.25) is 0 Å². The van der Waals surface area contributed by atoms with Crippen molar-refractivity contribution >= 4 is 22.0 Å². The van der Waals surface area contributed by atoms with Gasteiger partial charge in [-0.1, -0.05) is 11.3 Å². The van der Waals surface area contributed by atoms with Crippen LogP contribution in [0.2, 0.25) is 0 Å². The zero-order chi connectivity index (χ0) is 14.5. The molecule has 0 saturated carbocycles. The third-order valence-electron chi connectivity index (χ3n) is 2.52. The van der Waals surface area contributed by atoms with Gasteiger partial charge in [-0.05, 0) is 18.2 Å². The molecule has 0 amide bonds. The van der Waals surface area contributed by atoms with Gasteiger partial charge >= 0.3 is 6.18 Å². The smallest absolute Gasteiger partial charge is 0.453 e. The number of hydrogen-bond acceptors (Lipinski definition) is 6. The maximum absolute atomic E-state index is 12.7. The number of hydrogen-bond donors (Lipinski definition) is 2. The summed E-state index contributed by atoms with van der Waals surface area (Å²) in [5, 5.41) is 20.0. The summed E-state index contributed by atoms with van der Waals surface area (Å²) in [4.78, 5) is 0.0268. The second-order valence-corrected chi connectivity index (χ2v) is 4.85. The number of fused-ring (bicyclic) bond motifs is 1. The fourth-order valence-electron chi connectivity index (χ4n) is 1.60. The standard InChI is InChI=1S/C10H6F3N5OS/c11-10(12,13)8-15-16-9-18(8)17-7(20-9)4-1-2-6(19)5(14)3-4/h1-3,19H,14H2. The third kappa shape index (κ3) is 1.93. The van der Waals surface area contributed by atoms with E-state index in [9.17, 15) is 18.3 Å². The first-order chi connectivity index (χ1) is 9.36. The summed E-state index contributed by atoms with van der Waals surface area (Å²) in [7, 11) is 0. The van der Waals surface area contributed by atoms with E-state index in [2.05, 4.69) is 15.3 Å². The van der Waals surface area contributed by atoms with E-state index in [4.69, 9.17) is 5.73 Å². The van der Waals surface area contributed by atoms with Crippen LogP contribution >= 0.6 is 11.3 Å². The number of rotatable bonds is 1. The molecule has 0 unspecified atom stereocenters. The van der Waals surface area contributed by atoms with Gasteiger partial charge in [0.05, 0.1) is 5.69 Å². The van der Waals surface area contributed by atoms with E-state index in [0.29, 0.717) is 15.1 Å². The predicted octanol–water partition coefficient (Wildman–Crippen LogP) is 2.16. The van der Waals surface area contributed by atoms with Crippen LogP contribution in [0.1, 0.15) is 5.82 Å². The minimum atomic E-state index is -4.63. The van der Waals surface area contributed by atoms with Gasteiger partial charge in [0.2, 0.25) is 4.96 Å². The summed E-state index contributed by atoms with van der Waals surface area (Å²) >= 11 is 0.943. The molecule has 3 aromatic rings. The largest absolute Gasteiger partial charge is 0.506 e. The zero-order valence-corrected chi connectivity index (χ0v) is 10.4. The monoisotopic (exact) mass is 301 g/mol. The lowest BCUT2D eigenvalue weighted by Gasteiger charge is -2.01. The van der Waals surface area contributed by atoms with Crippen LogP contribution in [0.4, 0.5) is 18.9 Å². The molecular weight excluding hydrogens is 295 g/mol. The Morgan fingerprint density at radius 3 is 2.65 bits per heavy atom. The quantitative estimate of drug-likeness (QED) is 0.531. The molecule has 104 valence electrons. The van der Waals surface area contributed by atoms with Gasteiger partial charge < -0.3 is 10.8 Å². The molecule has 1 aromatic carbocycles. The Morgan fingerprint density at radius 2 is 2.00 bits per heavy atom. The van der Waals surface area contributed by atoms with Crippen molar-refractivity contribution in [2.75, 3.05) is 5.73 Å². The number of phenols is 1. The van der Waals surface area contributed by atoms with Crippen LogP contribution in [-0.2, 0) is 6.18 Å². The molecule has 20 heavy (non-hydrogen) atoms. The first-order valence-electron chi connectivity index (χ1n) is 5.24. The molecule has 0 aliphatic heterocycles. The van der Waals surface area contributed by atoms with Gasteiger partial charge in [-0.25, -0.2) is 0 Å². The maximum Gasteiger partial charge on any atom is 0.453 e. The van der Waals surface area contributed by atoms with Crippen LogP contribution in [-0.4, -0.2) is 24.9 Å². The normalized spacial score (nSPS) is 12.2. The van der Waals surface area contributed by atoms with Crippen LogP contribution in [0.5, 0.6) is 5.75 Å². The number of aromatic hydroxyl groups is 1. The lowest BCUT2D eigenvalue weighted by atomic mass is 10.2. The summed E-state index contributed by atoms with van der Waals surface area (Å²) in [6, 6.07) is 4.27. The van der Waals surface area contributed by atoms with E-state index < -0.39 is 12.0 Å². The number of benzene rings is 1. The van der Waals surface area contributed by atoms with E-state index in [1.165, 1.54) is 18.2 Å². The van der Waals surface area contributed by atoms with Crippen molar-refractivity contribution in [2.45, 2.75) is 6.18 Å². The van der Waals surface area contributed by atoms with Crippen LogP contribution in [0.25, 0.3) is 15.5 Å². The molecule has 0 fully saturated rings. The van der Waals surface area contributed by atoms with E-state index in [1.807, 2.05) is 0 Å². The van der Waals surface area contributed by atoms with Crippen molar-refractivity contribution in [1.29, 1.82) is 0 Å². The number of nitrogen functional groups attached to an aromatic ring is 1. The first-order valence-corrected chi connectivity index (χ1v) is 6.06. The van der Waals surface area contributed by atoms with E-state index in [-0.39, 0.29) is 16.4 Å². The summed E-state index contributed by atoms with van der Waals surface area (Å²) in [6.07, 6.45) is -4.63. The summed E-state index contributed by atoms with van der Waals surface area (Å²) < 4.78 is 38.6. The highest BCUT2D eigenvalue weighted by atomic mass is 32.1. The van der Waals surface area contributed by atoms with Gasteiger partial charge in [-0.15, -0.1) is 10.2 Å². The Bertz CT molecular complexity index is 794. The molecule has 0 radical (unpaired) electrons. The number of nitrogens with two attached hydrogens (primary N) is 1. The molecule has 6 nitrogen and oxygen atoms in total. The fraction of sp³-hybridized carbons (Fsp3) is 0.100. The van der Waals surface area contributed by atoms with E-state index in [1.54, 1.807) is 0 Å². The lowest BCUT2D eigenvalue weighted by Crippen LogP contribution is -2.11. The predicted molar refractivity (Wildman–Crippen MR) is 65.2 cm³/mol. The highest BCUT2D eigenvalue weighted by Crippen LogP contribution is 2.33. The Kier molecular flexibility index (Phi) is 2.57. The average molecular weight is 301 g/mol. The number of anilines is 1. The van der Waals surface area contributed by atoms with E-state index in [0.717, 1.165) is 11.3 Å². The van der Waals surface area contributed by atoms with E-state index >= 15 is 0 Å². The molecule has 0 spiro atoms. The lowest BCUT2D eigenvalue weighted by molar-refractivity contribution is -0.146. The Balaban J connectivity index is 2.14. The second kappa shape index (κ2) is 4.07. The van der Waals surface area contributed by atoms with Gasteiger partial charge in [0.25, 0.3) is 5.82 Å². The minimum Gasteiger partial charge on any atom is -0.506 e. The average Bonchev–Trinajstić information content (AvgIpc) is 2.90. The van der Waals surface area contributed by atoms with Crippen molar-refractivity contribution in [1.82, 2.24) is 19.8 Å². The topological polar surface area (TPSA) is 89.3 Å². The number of nitrogens with zero attached hydrogens (tertiary/aromatic N) is 4. The number of alkyl halides is 3. The summed E-state index contributed by atoms with van der Waals surface area (Å²) in [6.45, 7) is 0. The van der Waals surface area contributed by atoms with Gasteiger partial charge in [0, 0.05) is 5.56 Å². The number of phenolic OH excluding ortho intramolecular Hbond substituents is 1. The SMILES string of the molecule is Nc1cc(-c2nn3c(C(F)(F)F)nnc3s2)ccc1O. The molecule has 0 aliphatic rings. The molecule has 2 aromatic heterocycles. The Morgan fingerprint density at radius 1 is 1.25 bits per heavy atom. The Hall–Kier alpha value is -2.36. The van der Waals surface area contributed by atoms with Crippen LogP contribution in [0.15, 0.2) is 18.2 Å². The molecule has 2 heterocycles. The highest BCUT2D eigenvalue weighted by Gasteiger charge is 2.38. The highest BCUT2D eigenvalue weighted by molar-refractivity contribution is 7.19. The van der Waals surface area contributed by atoms with Crippen molar-refractivity contribution < 1.29 is 18.3 Å². The number of halogens is 3. The second-order valence-electron chi connectivity index (χ2n) is 3.90. The van der Waals surface area contributed by atoms with Crippen LogP contribution in [0, 0.1) is 0 Å². The van der Waals surface area contributed by atoms with Gasteiger partial charge in [-0.2, -0.15) is 22.8 Å². The Labute approximate surface area is 113 Å². The summed E-state index contributed by atoms with van der Waals surface area (Å²) in [5.74, 6) is -1.28. The molecule has 3 N–H and O–H groups in total. The van der Waals surface area contributed by atoms with Crippen LogP contribution < -0.4 is 5.73 Å². The molecule has 0 aliphatic carbocycles. The molecular formula is C10H6F3N5OS. The molecule has 3 rings (SSSR count). The van der Waals surface area contributed by atoms with Gasteiger partial charge in [0.1, 0.15) is 10.8 Å². The third-order valence-corrected chi connectivity index (χ3v) is 3.47. The van der Waals surface area contributed by atoms with Crippen molar-refractivity contribution in [3.8, 4) is 16.3 Å². The molecule has 0 bridgehead atoms. The maximum atomic E-state index is 12.7. The first kappa shape index (κ1) is 12.7. The molecule has 0 saturated heterocycles. The van der Waals surface area contributed by atoms with Crippen molar-refractivity contribution in [2.24, 2.45) is 0 Å². The minimum absolute atomic E-state index is 0.0268. The molecule has 10 heteroatoms. The number of aromatic nitrogens is 4. The summed E-state index contributed by atoms with van der Waals surface area (Å²) in [5.41, 5.74) is 6.14. The van der Waals surface area contributed by atoms with Crippen LogP contribution in [0.3, 0.4) is 0 Å². The van der Waals surface area contributed by atoms with Gasteiger partial charge in [0.15, 0.2) is 0 Å². The fourth-order valence-corrected chi connectivity index (χ4v) is 2.43.